The topological polar surface area (TPSA) is 70.8 Å². The van der Waals surface area contributed by atoms with E-state index in [-0.39, 0.29) is 6.04 Å². The average molecular weight is 307 g/mol. The largest absolute Gasteiger partial charge is 0.356 e. The fourth-order valence-corrected chi connectivity index (χ4v) is 3.53. The van der Waals surface area contributed by atoms with Crippen molar-refractivity contribution in [2.45, 2.75) is 18.9 Å². The zero-order valence-corrected chi connectivity index (χ0v) is 13.0. The molecule has 0 aliphatic carbocycles. The summed E-state index contributed by atoms with van der Waals surface area (Å²) < 4.78 is 0. The van der Waals surface area contributed by atoms with Crippen LogP contribution in [0, 0.1) is 5.92 Å². The zero-order chi connectivity index (χ0) is 15.6. The van der Waals surface area contributed by atoms with Gasteiger partial charge in [0.25, 0.3) is 0 Å². The molecule has 1 aliphatic rings. The molecule has 1 saturated heterocycles. The van der Waals surface area contributed by atoms with Crippen LogP contribution in [0.25, 0.3) is 11.0 Å². The fourth-order valence-electron chi connectivity index (χ4n) is 3.53. The minimum atomic E-state index is 0.121. The van der Waals surface area contributed by atoms with Gasteiger partial charge in [0.1, 0.15) is 17.8 Å². The third kappa shape index (κ3) is 2.68. The molecule has 2 aromatic heterocycles. The van der Waals surface area contributed by atoms with Gasteiger partial charge in [-0.15, -0.1) is 0 Å². The monoisotopic (exact) mass is 307 g/mol. The van der Waals surface area contributed by atoms with E-state index in [4.69, 9.17) is 5.73 Å². The summed E-state index contributed by atoms with van der Waals surface area (Å²) in [6, 6.07) is 12.6. The standard InChI is InChI=1S/C18H21N5/c19-16(13-4-2-1-3-5-13)14-7-10-23(11-8-14)18-15-6-9-20-17(15)21-12-22-18/h1-6,9,12,14,16H,7-8,10-11,19H2,(H,20,21,22)/t16-/m1/s1. The van der Waals surface area contributed by atoms with Gasteiger partial charge in [-0.25, -0.2) is 9.97 Å². The number of nitrogens with one attached hydrogen (secondary N) is 1. The van der Waals surface area contributed by atoms with Gasteiger partial charge < -0.3 is 15.6 Å². The molecule has 4 rings (SSSR count). The SMILES string of the molecule is N[C@H](c1ccccc1)C1CCN(c2ncnc3[nH]ccc23)CC1. The Hall–Kier alpha value is -2.40. The summed E-state index contributed by atoms with van der Waals surface area (Å²) >= 11 is 0. The molecule has 5 heteroatoms. The lowest BCUT2D eigenvalue weighted by atomic mass is 9.86. The Balaban J connectivity index is 1.48. The van der Waals surface area contributed by atoms with Crippen LogP contribution >= 0.6 is 0 Å². The molecule has 118 valence electrons. The van der Waals surface area contributed by atoms with Crippen LogP contribution in [0.1, 0.15) is 24.4 Å². The Morgan fingerprint density at radius 3 is 2.65 bits per heavy atom. The van der Waals surface area contributed by atoms with Crippen molar-refractivity contribution in [1.29, 1.82) is 0 Å². The number of H-pyrrole nitrogens is 1. The maximum absolute atomic E-state index is 6.48. The van der Waals surface area contributed by atoms with E-state index in [2.05, 4.69) is 44.1 Å². The van der Waals surface area contributed by atoms with Gasteiger partial charge in [0.2, 0.25) is 0 Å². The molecule has 1 fully saturated rings. The summed E-state index contributed by atoms with van der Waals surface area (Å²) in [5, 5.41) is 1.10. The molecular formula is C18H21N5. The highest BCUT2D eigenvalue weighted by Gasteiger charge is 2.26. The van der Waals surface area contributed by atoms with Crippen molar-refractivity contribution in [3.63, 3.8) is 0 Å². The van der Waals surface area contributed by atoms with Crippen molar-refractivity contribution in [2.75, 3.05) is 18.0 Å². The number of aromatic nitrogens is 3. The molecule has 1 aromatic carbocycles. The smallest absolute Gasteiger partial charge is 0.142 e. The van der Waals surface area contributed by atoms with Crippen molar-refractivity contribution < 1.29 is 0 Å². The molecule has 0 unspecified atom stereocenters. The zero-order valence-electron chi connectivity index (χ0n) is 13.0. The lowest BCUT2D eigenvalue weighted by Crippen LogP contribution is -2.38. The Morgan fingerprint density at radius 1 is 1.09 bits per heavy atom. The Bertz CT molecular complexity index is 774. The van der Waals surface area contributed by atoms with Gasteiger partial charge in [0.15, 0.2) is 0 Å². The molecule has 1 atom stereocenters. The van der Waals surface area contributed by atoms with E-state index in [1.165, 1.54) is 5.56 Å². The van der Waals surface area contributed by atoms with Crippen LogP contribution in [0.15, 0.2) is 48.9 Å². The molecule has 0 saturated carbocycles. The predicted molar refractivity (Wildman–Crippen MR) is 92.2 cm³/mol. The number of piperidine rings is 1. The van der Waals surface area contributed by atoms with Gasteiger partial charge in [0, 0.05) is 25.3 Å². The first-order valence-corrected chi connectivity index (χ1v) is 8.16. The van der Waals surface area contributed by atoms with E-state index in [1.54, 1.807) is 6.33 Å². The summed E-state index contributed by atoms with van der Waals surface area (Å²) in [6.45, 7) is 1.98. The minimum absolute atomic E-state index is 0.121. The van der Waals surface area contributed by atoms with Gasteiger partial charge in [-0.1, -0.05) is 30.3 Å². The first-order valence-electron chi connectivity index (χ1n) is 8.16. The summed E-state index contributed by atoms with van der Waals surface area (Å²) in [6.07, 6.45) is 5.73. The first-order chi connectivity index (χ1) is 11.3. The van der Waals surface area contributed by atoms with Gasteiger partial charge in [-0.05, 0) is 30.4 Å². The highest BCUT2D eigenvalue weighted by atomic mass is 15.2. The van der Waals surface area contributed by atoms with Crippen LogP contribution < -0.4 is 10.6 Å². The van der Waals surface area contributed by atoms with Crippen LogP contribution in [-0.2, 0) is 0 Å². The number of fused-ring (bicyclic) bond motifs is 1. The van der Waals surface area contributed by atoms with E-state index in [0.29, 0.717) is 5.92 Å². The molecule has 23 heavy (non-hydrogen) atoms. The van der Waals surface area contributed by atoms with Gasteiger partial charge in [0.05, 0.1) is 5.39 Å². The molecule has 0 spiro atoms. The van der Waals surface area contributed by atoms with Gasteiger partial charge in [-0.3, -0.25) is 0 Å². The predicted octanol–water partition coefficient (Wildman–Crippen LogP) is 2.87. The van der Waals surface area contributed by atoms with Crippen molar-refractivity contribution in [3.05, 3.63) is 54.5 Å². The average Bonchev–Trinajstić information content (AvgIpc) is 3.11. The molecule has 0 bridgehead atoms. The second kappa shape index (κ2) is 6.01. The number of nitrogens with zero attached hydrogens (tertiary/aromatic N) is 3. The Morgan fingerprint density at radius 2 is 1.87 bits per heavy atom. The Kier molecular flexibility index (Phi) is 3.71. The highest BCUT2D eigenvalue weighted by Crippen LogP contribution is 2.32. The minimum Gasteiger partial charge on any atom is -0.356 e. The second-order valence-corrected chi connectivity index (χ2v) is 6.20. The number of benzene rings is 1. The molecular weight excluding hydrogens is 286 g/mol. The summed E-state index contributed by atoms with van der Waals surface area (Å²) in [5.41, 5.74) is 8.62. The molecule has 3 aromatic rings. The van der Waals surface area contributed by atoms with Crippen LogP contribution in [0.5, 0.6) is 0 Å². The van der Waals surface area contributed by atoms with E-state index in [1.807, 2.05) is 18.3 Å². The van der Waals surface area contributed by atoms with Crippen molar-refractivity contribution >= 4 is 16.9 Å². The van der Waals surface area contributed by atoms with Gasteiger partial charge in [-0.2, -0.15) is 0 Å². The van der Waals surface area contributed by atoms with E-state index >= 15 is 0 Å². The van der Waals surface area contributed by atoms with Crippen molar-refractivity contribution in [3.8, 4) is 0 Å². The lowest BCUT2D eigenvalue weighted by molar-refractivity contribution is 0.344. The summed E-state index contributed by atoms with van der Waals surface area (Å²) in [7, 11) is 0. The molecule has 0 amide bonds. The van der Waals surface area contributed by atoms with Crippen molar-refractivity contribution in [1.82, 2.24) is 15.0 Å². The van der Waals surface area contributed by atoms with E-state index in [0.717, 1.165) is 42.8 Å². The molecule has 5 nitrogen and oxygen atoms in total. The fraction of sp³-hybridized carbons (Fsp3) is 0.333. The Labute approximate surface area is 135 Å². The number of hydrogen-bond donors (Lipinski definition) is 2. The number of nitrogens with two attached hydrogens (primary N) is 1. The number of rotatable bonds is 3. The molecule has 3 heterocycles. The first kappa shape index (κ1) is 14.2. The summed E-state index contributed by atoms with van der Waals surface area (Å²) in [4.78, 5) is 14.3. The van der Waals surface area contributed by atoms with E-state index in [9.17, 15) is 0 Å². The van der Waals surface area contributed by atoms with Crippen LogP contribution in [0.4, 0.5) is 5.82 Å². The maximum Gasteiger partial charge on any atom is 0.142 e. The second-order valence-electron chi connectivity index (χ2n) is 6.20. The van der Waals surface area contributed by atoms with Crippen molar-refractivity contribution in [2.24, 2.45) is 11.7 Å². The maximum atomic E-state index is 6.48. The summed E-state index contributed by atoms with van der Waals surface area (Å²) in [5.74, 6) is 1.56. The molecule has 3 N–H and O–H groups in total. The van der Waals surface area contributed by atoms with Crippen LogP contribution in [-0.4, -0.2) is 28.0 Å². The number of hydrogen-bond acceptors (Lipinski definition) is 4. The molecule has 1 aliphatic heterocycles. The quantitative estimate of drug-likeness (QED) is 0.780. The van der Waals surface area contributed by atoms with Crippen LogP contribution in [0.2, 0.25) is 0 Å². The molecule has 0 radical (unpaired) electrons. The van der Waals surface area contributed by atoms with E-state index < -0.39 is 0 Å². The number of aromatic amines is 1. The van der Waals surface area contributed by atoms with Gasteiger partial charge >= 0.3 is 0 Å². The highest BCUT2D eigenvalue weighted by molar-refractivity contribution is 5.87. The number of anilines is 1. The van der Waals surface area contributed by atoms with Crippen LogP contribution in [0.3, 0.4) is 0 Å². The normalized spacial score (nSPS) is 17.5. The third-order valence-electron chi connectivity index (χ3n) is 4.86. The third-order valence-corrected chi connectivity index (χ3v) is 4.86. The lowest BCUT2D eigenvalue weighted by Gasteiger charge is -2.35.